The van der Waals surface area contributed by atoms with Crippen LogP contribution in [-0.4, -0.2) is 52.0 Å². The zero-order chi connectivity index (χ0) is 22.1. The Kier molecular flexibility index (Phi) is 8.95. The molecule has 0 heterocycles. The number of amides is 1. The fraction of sp³-hybridized carbons (Fsp3) is 0.381. The predicted molar refractivity (Wildman–Crippen MR) is 117 cm³/mol. The number of rotatable bonds is 11. The molecule has 0 aromatic heterocycles. The van der Waals surface area contributed by atoms with E-state index in [4.69, 9.17) is 21.1 Å². The first kappa shape index (κ1) is 24.0. The van der Waals surface area contributed by atoms with E-state index >= 15 is 0 Å². The number of methoxy groups -OCH3 is 1. The lowest BCUT2D eigenvalue weighted by Crippen LogP contribution is -2.41. The Morgan fingerprint density at radius 3 is 2.40 bits per heavy atom. The monoisotopic (exact) mass is 454 g/mol. The molecule has 0 radical (unpaired) electrons. The van der Waals surface area contributed by atoms with Crippen LogP contribution in [0.25, 0.3) is 0 Å². The summed E-state index contributed by atoms with van der Waals surface area (Å²) in [4.78, 5) is 12.3. The molecule has 0 fully saturated rings. The molecule has 0 atom stereocenters. The van der Waals surface area contributed by atoms with Crippen LogP contribution in [-0.2, 0) is 21.2 Å². The average molecular weight is 455 g/mol. The maximum Gasteiger partial charge on any atom is 0.243 e. The molecule has 2 rings (SSSR count). The van der Waals surface area contributed by atoms with Gasteiger partial charge in [0.15, 0.2) is 0 Å². The summed E-state index contributed by atoms with van der Waals surface area (Å²) >= 11 is 6.12. The van der Waals surface area contributed by atoms with Crippen LogP contribution in [0.1, 0.15) is 19.4 Å². The first-order chi connectivity index (χ1) is 14.3. The third-order valence-electron chi connectivity index (χ3n) is 4.41. The third kappa shape index (κ3) is 6.35. The molecule has 0 unspecified atom stereocenters. The Hall–Kier alpha value is -2.29. The summed E-state index contributed by atoms with van der Waals surface area (Å²) in [5, 5.41) is 2.97. The number of nitrogens with one attached hydrogen (secondary N) is 1. The van der Waals surface area contributed by atoms with Gasteiger partial charge in [0, 0.05) is 13.1 Å². The normalized spacial score (nSPS) is 11.4. The summed E-state index contributed by atoms with van der Waals surface area (Å²) in [6, 6.07) is 11.8. The van der Waals surface area contributed by atoms with Crippen LogP contribution in [0.3, 0.4) is 0 Å². The van der Waals surface area contributed by atoms with Gasteiger partial charge in [-0.3, -0.25) is 4.79 Å². The van der Waals surface area contributed by atoms with E-state index in [2.05, 4.69) is 5.32 Å². The molecule has 0 aliphatic carbocycles. The van der Waals surface area contributed by atoms with E-state index in [1.165, 1.54) is 18.2 Å². The van der Waals surface area contributed by atoms with E-state index in [0.29, 0.717) is 25.3 Å². The summed E-state index contributed by atoms with van der Waals surface area (Å²) in [5.41, 5.74) is 1.04. The molecule has 164 valence electrons. The van der Waals surface area contributed by atoms with Gasteiger partial charge in [0.25, 0.3) is 0 Å². The molecule has 1 N–H and O–H groups in total. The first-order valence-electron chi connectivity index (χ1n) is 9.64. The van der Waals surface area contributed by atoms with Crippen molar-refractivity contribution in [2.24, 2.45) is 0 Å². The molecule has 0 saturated carbocycles. The fourth-order valence-corrected chi connectivity index (χ4v) is 4.52. The lowest BCUT2D eigenvalue weighted by atomic mass is 10.1. The van der Waals surface area contributed by atoms with Gasteiger partial charge in [-0.1, -0.05) is 30.7 Å². The van der Waals surface area contributed by atoms with E-state index in [1.54, 1.807) is 14.0 Å². The molecule has 1 amide bonds. The van der Waals surface area contributed by atoms with Gasteiger partial charge in [0.05, 0.1) is 30.2 Å². The van der Waals surface area contributed by atoms with E-state index < -0.39 is 10.0 Å². The number of halogens is 1. The van der Waals surface area contributed by atoms with Crippen LogP contribution >= 0.6 is 11.6 Å². The zero-order valence-corrected chi connectivity index (χ0v) is 18.9. The Labute approximate surface area is 183 Å². The van der Waals surface area contributed by atoms with Crippen molar-refractivity contribution in [3.8, 4) is 11.5 Å². The van der Waals surface area contributed by atoms with Gasteiger partial charge in [-0.2, -0.15) is 4.31 Å². The molecular formula is C21H27ClN2O5S. The van der Waals surface area contributed by atoms with Crippen LogP contribution in [0.4, 0.5) is 0 Å². The van der Waals surface area contributed by atoms with Gasteiger partial charge in [0.2, 0.25) is 15.9 Å². The summed E-state index contributed by atoms with van der Waals surface area (Å²) in [5.74, 6) is 0.810. The Balaban J connectivity index is 1.97. The predicted octanol–water partition coefficient (Wildman–Crippen LogP) is 3.12. The lowest BCUT2D eigenvalue weighted by molar-refractivity contribution is -0.121. The standard InChI is InChI=1S/C21H27ClN2O5S/c1-4-24(30(26,27)18-10-11-20(29-5-2)19(22)14-18)15-21(25)23-13-12-16-6-8-17(28-3)9-7-16/h6-11,14H,4-5,12-13,15H2,1-3H3,(H,23,25). The molecule has 7 nitrogen and oxygen atoms in total. The Morgan fingerprint density at radius 1 is 1.13 bits per heavy atom. The highest BCUT2D eigenvalue weighted by molar-refractivity contribution is 7.89. The maximum absolute atomic E-state index is 12.9. The largest absolute Gasteiger partial charge is 0.497 e. The molecule has 0 saturated heterocycles. The SMILES string of the molecule is CCOc1ccc(S(=O)(=O)N(CC)CC(=O)NCCc2ccc(OC)cc2)cc1Cl. The van der Waals surface area contributed by atoms with Crippen molar-refractivity contribution in [2.45, 2.75) is 25.2 Å². The van der Waals surface area contributed by atoms with Crippen LogP contribution in [0, 0.1) is 0 Å². The maximum atomic E-state index is 12.9. The number of nitrogens with zero attached hydrogens (tertiary/aromatic N) is 1. The van der Waals surface area contributed by atoms with Gasteiger partial charge in [0.1, 0.15) is 11.5 Å². The van der Waals surface area contributed by atoms with Crippen molar-refractivity contribution in [1.82, 2.24) is 9.62 Å². The number of carbonyl (C=O) groups excluding carboxylic acids is 1. The van der Waals surface area contributed by atoms with Crippen molar-refractivity contribution in [1.29, 1.82) is 0 Å². The van der Waals surface area contributed by atoms with Crippen molar-refractivity contribution in [3.63, 3.8) is 0 Å². The topological polar surface area (TPSA) is 84.9 Å². The summed E-state index contributed by atoms with van der Waals surface area (Å²) < 4.78 is 37.4. The highest BCUT2D eigenvalue weighted by Gasteiger charge is 2.26. The quantitative estimate of drug-likeness (QED) is 0.564. The number of carbonyl (C=O) groups is 1. The minimum absolute atomic E-state index is 0.0174. The molecule has 0 aliphatic rings. The van der Waals surface area contributed by atoms with Crippen molar-refractivity contribution < 1.29 is 22.7 Å². The lowest BCUT2D eigenvalue weighted by Gasteiger charge is -2.20. The van der Waals surface area contributed by atoms with Crippen molar-refractivity contribution in [3.05, 3.63) is 53.1 Å². The van der Waals surface area contributed by atoms with E-state index in [1.807, 2.05) is 31.2 Å². The van der Waals surface area contributed by atoms with Gasteiger partial charge in [-0.25, -0.2) is 8.42 Å². The molecule has 0 bridgehead atoms. The fourth-order valence-electron chi connectivity index (χ4n) is 2.78. The summed E-state index contributed by atoms with van der Waals surface area (Å²) in [6.07, 6.45) is 0.628. The van der Waals surface area contributed by atoms with E-state index in [9.17, 15) is 13.2 Å². The number of sulfonamides is 1. The first-order valence-corrected chi connectivity index (χ1v) is 11.5. The summed E-state index contributed by atoms with van der Waals surface area (Å²) in [7, 11) is -2.27. The van der Waals surface area contributed by atoms with E-state index in [0.717, 1.165) is 15.6 Å². The summed E-state index contributed by atoms with van der Waals surface area (Å²) in [6.45, 7) is 4.19. The average Bonchev–Trinajstić information content (AvgIpc) is 2.73. The van der Waals surface area contributed by atoms with Crippen LogP contribution in [0.5, 0.6) is 11.5 Å². The second-order valence-electron chi connectivity index (χ2n) is 6.40. The number of benzene rings is 2. The van der Waals surface area contributed by atoms with Crippen molar-refractivity contribution in [2.75, 3.05) is 33.4 Å². The number of hydrogen-bond acceptors (Lipinski definition) is 5. The molecule has 30 heavy (non-hydrogen) atoms. The van der Waals surface area contributed by atoms with Gasteiger partial charge < -0.3 is 14.8 Å². The van der Waals surface area contributed by atoms with Crippen molar-refractivity contribution >= 4 is 27.5 Å². The smallest absolute Gasteiger partial charge is 0.243 e. The minimum Gasteiger partial charge on any atom is -0.497 e. The highest BCUT2D eigenvalue weighted by Crippen LogP contribution is 2.28. The number of likely N-dealkylation sites (N-methyl/N-ethyl adjacent to an activating group) is 1. The van der Waals surface area contributed by atoms with Gasteiger partial charge in [-0.05, 0) is 49.2 Å². The molecule has 2 aromatic rings. The van der Waals surface area contributed by atoms with Crippen LogP contribution < -0.4 is 14.8 Å². The second-order valence-corrected chi connectivity index (χ2v) is 8.75. The Bertz CT molecular complexity index is 948. The third-order valence-corrected chi connectivity index (χ3v) is 6.62. The zero-order valence-electron chi connectivity index (χ0n) is 17.4. The van der Waals surface area contributed by atoms with Gasteiger partial charge >= 0.3 is 0 Å². The molecule has 0 aliphatic heterocycles. The van der Waals surface area contributed by atoms with Crippen LogP contribution in [0.2, 0.25) is 5.02 Å². The Morgan fingerprint density at radius 2 is 1.83 bits per heavy atom. The molecule has 2 aromatic carbocycles. The highest BCUT2D eigenvalue weighted by atomic mass is 35.5. The number of ether oxygens (including phenoxy) is 2. The second kappa shape index (κ2) is 11.2. The number of hydrogen-bond donors (Lipinski definition) is 1. The van der Waals surface area contributed by atoms with Crippen LogP contribution in [0.15, 0.2) is 47.4 Å². The minimum atomic E-state index is -3.87. The molecular weight excluding hydrogens is 428 g/mol. The molecule has 0 spiro atoms. The molecule has 9 heteroatoms. The van der Waals surface area contributed by atoms with Gasteiger partial charge in [-0.15, -0.1) is 0 Å². The van der Waals surface area contributed by atoms with E-state index in [-0.39, 0.29) is 28.9 Å².